The topological polar surface area (TPSA) is 97.6 Å². The summed E-state index contributed by atoms with van der Waals surface area (Å²) in [7, 11) is 0. The molecule has 3 aromatic heterocycles. The van der Waals surface area contributed by atoms with Crippen LogP contribution in [0.25, 0.3) is 11.2 Å². The van der Waals surface area contributed by atoms with Gasteiger partial charge in [-0.05, 0) is 36.5 Å². The van der Waals surface area contributed by atoms with Crippen LogP contribution in [0.1, 0.15) is 50.2 Å². The third kappa shape index (κ3) is 5.12. The molecule has 33 heavy (non-hydrogen) atoms. The van der Waals surface area contributed by atoms with E-state index in [2.05, 4.69) is 36.1 Å². The molecule has 8 nitrogen and oxygen atoms in total. The van der Waals surface area contributed by atoms with E-state index in [0.717, 1.165) is 23.4 Å². The van der Waals surface area contributed by atoms with Crippen LogP contribution in [0.5, 0.6) is 0 Å². The number of H-pyrrole nitrogens is 1. The molecule has 0 aliphatic heterocycles. The molecule has 8 heteroatoms. The van der Waals surface area contributed by atoms with Crippen LogP contribution in [0.2, 0.25) is 0 Å². The van der Waals surface area contributed by atoms with Gasteiger partial charge in [0, 0.05) is 25.0 Å². The number of fused-ring (bicyclic) bond motifs is 1. The van der Waals surface area contributed by atoms with Crippen molar-refractivity contribution in [2.45, 2.75) is 52.9 Å². The van der Waals surface area contributed by atoms with Crippen molar-refractivity contribution in [3.63, 3.8) is 0 Å². The fourth-order valence-electron chi connectivity index (χ4n) is 3.89. The van der Waals surface area contributed by atoms with Crippen LogP contribution in [0, 0.1) is 5.92 Å². The van der Waals surface area contributed by atoms with Crippen molar-refractivity contribution in [1.29, 1.82) is 0 Å². The molecule has 0 bridgehead atoms. The number of nitrogens with zero attached hydrogens (tertiary/aromatic N) is 4. The Bertz CT molecular complexity index is 1320. The molecule has 3 heterocycles. The highest BCUT2D eigenvalue weighted by Crippen LogP contribution is 2.17. The van der Waals surface area contributed by atoms with Gasteiger partial charge in [-0.1, -0.05) is 50.2 Å². The van der Waals surface area contributed by atoms with Crippen LogP contribution < -0.4 is 16.6 Å². The van der Waals surface area contributed by atoms with Crippen LogP contribution in [0.4, 0.5) is 0 Å². The van der Waals surface area contributed by atoms with Gasteiger partial charge in [-0.2, -0.15) is 0 Å². The normalized spacial score (nSPS) is 12.5. The average Bonchev–Trinajstić information content (AvgIpc) is 3.19. The lowest BCUT2D eigenvalue weighted by molar-refractivity contribution is 0.491. The predicted octanol–water partition coefficient (Wildman–Crippen LogP) is 3.23. The number of aromatic nitrogens is 5. The van der Waals surface area contributed by atoms with Crippen molar-refractivity contribution in [2.24, 2.45) is 5.92 Å². The molecule has 4 rings (SSSR count). The van der Waals surface area contributed by atoms with Crippen LogP contribution in [0.15, 0.2) is 64.4 Å². The van der Waals surface area contributed by atoms with E-state index in [9.17, 15) is 9.59 Å². The minimum Gasteiger partial charge on any atom is -0.321 e. The summed E-state index contributed by atoms with van der Waals surface area (Å²) in [5.74, 6) is 1.20. The first kappa shape index (κ1) is 22.7. The van der Waals surface area contributed by atoms with Gasteiger partial charge in [-0.3, -0.25) is 19.3 Å². The predicted molar refractivity (Wildman–Crippen MR) is 129 cm³/mol. The molecule has 0 aliphatic rings. The van der Waals surface area contributed by atoms with Crippen molar-refractivity contribution in [3.05, 3.63) is 92.6 Å². The molecule has 0 spiro atoms. The summed E-state index contributed by atoms with van der Waals surface area (Å²) in [5, 5.41) is 3.48. The summed E-state index contributed by atoms with van der Waals surface area (Å²) >= 11 is 0. The van der Waals surface area contributed by atoms with E-state index in [0.29, 0.717) is 36.7 Å². The van der Waals surface area contributed by atoms with Gasteiger partial charge in [-0.25, -0.2) is 9.78 Å². The van der Waals surface area contributed by atoms with Crippen LogP contribution in [-0.2, 0) is 19.6 Å². The Hall–Kier alpha value is -3.52. The van der Waals surface area contributed by atoms with E-state index in [4.69, 9.17) is 4.98 Å². The van der Waals surface area contributed by atoms with E-state index in [1.165, 1.54) is 0 Å². The maximum Gasteiger partial charge on any atom is 0.330 e. The first-order chi connectivity index (χ1) is 15.9. The fraction of sp³-hybridized carbons (Fsp3) is 0.360. The zero-order valence-electron chi connectivity index (χ0n) is 19.3. The van der Waals surface area contributed by atoms with Gasteiger partial charge >= 0.3 is 5.69 Å². The maximum atomic E-state index is 12.9. The van der Waals surface area contributed by atoms with Crippen molar-refractivity contribution < 1.29 is 0 Å². The minimum absolute atomic E-state index is 0.0573. The molecule has 4 aromatic rings. The lowest BCUT2D eigenvalue weighted by Gasteiger charge is -2.15. The van der Waals surface area contributed by atoms with Crippen LogP contribution >= 0.6 is 0 Å². The van der Waals surface area contributed by atoms with Gasteiger partial charge in [0.05, 0.1) is 13.1 Å². The number of imidazole rings is 1. The largest absolute Gasteiger partial charge is 0.330 e. The Kier molecular flexibility index (Phi) is 6.84. The third-order valence-corrected chi connectivity index (χ3v) is 5.83. The second-order valence-corrected chi connectivity index (χ2v) is 8.75. The van der Waals surface area contributed by atoms with E-state index in [1.807, 2.05) is 53.2 Å². The fourth-order valence-corrected chi connectivity index (χ4v) is 3.89. The number of nitrogens with one attached hydrogen (secondary N) is 2. The number of hydrogen-bond acceptors (Lipinski definition) is 5. The Morgan fingerprint density at radius 3 is 2.52 bits per heavy atom. The van der Waals surface area contributed by atoms with Crippen LogP contribution in [-0.4, -0.2) is 24.1 Å². The molecule has 172 valence electrons. The smallest absolute Gasteiger partial charge is 0.321 e. The van der Waals surface area contributed by atoms with E-state index < -0.39 is 11.2 Å². The highest BCUT2D eigenvalue weighted by Gasteiger charge is 2.19. The highest BCUT2D eigenvalue weighted by molar-refractivity contribution is 5.71. The monoisotopic (exact) mass is 446 g/mol. The third-order valence-electron chi connectivity index (χ3n) is 5.83. The molecule has 0 fully saturated rings. The quantitative estimate of drug-likeness (QED) is 0.411. The molecule has 0 radical (unpaired) electrons. The maximum absolute atomic E-state index is 12.9. The molecular weight excluding hydrogens is 416 g/mol. The van der Waals surface area contributed by atoms with Crippen molar-refractivity contribution in [2.75, 3.05) is 0 Å². The van der Waals surface area contributed by atoms with E-state index >= 15 is 0 Å². The molecule has 0 saturated carbocycles. The number of benzene rings is 1. The molecule has 1 atom stereocenters. The molecular formula is C25H30N6O2. The number of rotatable bonds is 9. The molecule has 1 unspecified atom stereocenters. The van der Waals surface area contributed by atoms with Crippen molar-refractivity contribution in [1.82, 2.24) is 29.4 Å². The van der Waals surface area contributed by atoms with Gasteiger partial charge in [0.1, 0.15) is 5.82 Å². The highest BCUT2D eigenvalue weighted by atomic mass is 16.2. The number of aryl methyl sites for hydroxylation is 1. The Labute approximate surface area is 192 Å². The Morgan fingerprint density at radius 2 is 1.82 bits per heavy atom. The molecule has 0 amide bonds. The first-order valence-electron chi connectivity index (χ1n) is 11.3. The van der Waals surface area contributed by atoms with Gasteiger partial charge in [0.25, 0.3) is 5.56 Å². The van der Waals surface area contributed by atoms with E-state index in [1.54, 1.807) is 10.8 Å². The van der Waals surface area contributed by atoms with Crippen molar-refractivity contribution >= 4 is 11.2 Å². The van der Waals surface area contributed by atoms with Gasteiger partial charge in [0.15, 0.2) is 11.2 Å². The number of hydrogen-bond donors (Lipinski definition) is 2. The zero-order chi connectivity index (χ0) is 23.4. The standard InChI is InChI=1S/C25H30N6O2/c1-17(2)11-13-30-21(15-27-18(3)20-10-7-12-26-14-20)28-23-22(30)24(32)29-25(33)31(23)16-19-8-5-4-6-9-19/h4-10,12,14,17-18,27H,11,13,15-16H2,1-3H3,(H,29,32,33). The lowest BCUT2D eigenvalue weighted by atomic mass is 10.1. The Balaban J connectivity index is 1.75. The van der Waals surface area contributed by atoms with Crippen LogP contribution in [0.3, 0.4) is 0 Å². The average molecular weight is 447 g/mol. The summed E-state index contributed by atoms with van der Waals surface area (Å²) < 4.78 is 3.50. The number of pyridine rings is 1. The first-order valence-corrected chi connectivity index (χ1v) is 11.3. The van der Waals surface area contributed by atoms with Gasteiger partial charge in [-0.15, -0.1) is 0 Å². The summed E-state index contributed by atoms with van der Waals surface area (Å²) in [4.78, 5) is 37.1. The zero-order valence-corrected chi connectivity index (χ0v) is 19.3. The van der Waals surface area contributed by atoms with Crippen molar-refractivity contribution in [3.8, 4) is 0 Å². The van der Waals surface area contributed by atoms with E-state index in [-0.39, 0.29) is 6.04 Å². The van der Waals surface area contributed by atoms with Gasteiger partial charge < -0.3 is 9.88 Å². The second-order valence-electron chi connectivity index (χ2n) is 8.75. The summed E-state index contributed by atoms with van der Waals surface area (Å²) in [6.07, 6.45) is 4.48. The number of aromatic amines is 1. The van der Waals surface area contributed by atoms with Gasteiger partial charge in [0.2, 0.25) is 0 Å². The Morgan fingerprint density at radius 1 is 1.03 bits per heavy atom. The molecule has 0 saturated heterocycles. The molecule has 2 N–H and O–H groups in total. The lowest BCUT2D eigenvalue weighted by Crippen LogP contribution is -2.31. The summed E-state index contributed by atoms with van der Waals surface area (Å²) in [6, 6.07) is 13.7. The summed E-state index contributed by atoms with van der Waals surface area (Å²) in [5.41, 5.74) is 2.05. The minimum atomic E-state index is -0.451. The molecule has 0 aliphatic carbocycles. The molecule has 1 aromatic carbocycles. The summed E-state index contributed by atoms with van der Waals surface area (Å²) in [6.45, 7) is 7.82. The SMILES string of the molecule is CC(C)CCn1c(CNC(C)c2cccnc2)nc2c1c(=O)[nH]c(=O)n2Cc1ccccc1. The second kappa shape index (κ2) is 9.95.